The van der Waals surface area contributed by atoms with Crippen LogP contribution in [0.1, 0.15) is 75.5 Å². The molecule has 0 radical (unpaired) electrons. The predicted octanol–water partition coefficient (Wildman–Crippen LogP) is 2.40. The third-order valence-electron chi connectivity index (χ3n) is 11.6. The van der Waals surface area contributed by atoms with Gasteiger partial charge in [0.05, 0.1) is 32.1 Å². The van der Waals surface area contributed by atoms with Crippen molar-refractivity contribution in [2.75, 3.05) is 38.3 Å². The molecule has 2 bridgehead atoms. The summed E-state index contributed by atoms with van der Waals surface area (Å²) in [6.45, 7) is 8.45. The van der Waals surface area contributed by atoms with E-state index in [0.717, 1.165) is 43.5 Å². The Morgan fingerprint density at radius 3 is 2.54 bits per heavy atom. The number of anilines is 1. The smallest absolute Gasteiger partial charge is 0.278 e. The highest BCUT2D eigenvalue weighted by atomic mass is 16.5. The fraction of sp³-hybridized carbons (Fsp3) is 0.618. The van der Waals surface area contributed by atoms with E-state index in [1.807, 2.05) is 22.5 Å². The van der Waals surface area contributed by atoms with Crippen molar-refractivity contribution in [2.45, 2.75) is 89.9 Å². The minimum atomic E-state index is -0.227. The van der Waals surface area contributed by atoms with Crippen LogP contribution in [-0.4, -0.2) is 97.3 Å². The van der Waals surface area contributed by atoms with Gasteiger partial charge in [-0.2, -0.15) is 4.80 Å². The van der Waals surface area contributed by atoms with Gasteiger partial charge in [0.15, 0.2) is 16.9 Å². The topological polar surface area (TPSA) is 150 Å². The van der Waals surface area contributed by atoms with Crippen LogP contribution in [0.15, 0.2) is 23.3 Å². The number of aromatic nitrogens is 6. The summed E-state index contributed by atoms with van der Waals surface area (Å²) >= 11 is 0. The number of pyridine rings is 1. The number of carbonyl (C=O) groups excluding carboxylic acids is 2. The minimum absolute atomic E-state index is 0.0449. The lowest BCUT2D eigenvalue weighted by molar-refractivity contribution is -0.187. The summed E-state index contributed by atoms with van der Waals surface area (Å²) in [5, 5.41) is 12.9. The van der Waals surface area contributed by atoms with Gasteiger partial charge in [0.25, 0.3) is 5.91 Å². The van der Waals surface area contributed by atoms with E-state index in [4.69, 9.17) is 19.7 Å². The van der Waals surface area contributed by atoms with Crippen LogP contribution in [-0.2, 0) is 22.5 Å². The van der Waals surface area contributed by atoms with Gasteiger partial charge in [-0.1, -0.05) is 20.8 Å². The average molecular weight is 658 g/mol. The van der Waals surface area contributed by atoms with Crippen molar-refractivity contribution in [2.24, 2.45) is 11.3 Å². The van der Waals surface area contributed by atoms with E-state index in [1.54, 1.807) is 0 Å². The summed E-state index contributed by atoms with van der Waals surface area (Å²) in [4.78, 5) is 55.9. The number of amides is 2. The molecular formula is C34H43N9O5. The molecule has 6 aliphatic rings. The van der Waals surface area contributed by atoms with Gasteiger partial charge in [0.2, 0.25) is 17.2 Å². The first-order valence-electron chi connectivity index (χ1n) is 17.2. The second-order valence-corrected chi connectivity index (χ2v) is 14.4. The fourth-order valence-electron chi connectivity index (χ4n) is 8.90. The number of hydrogen-bond donors (Lipinski definition) is 1. The number of fused-ring (bicyclic) bond motifs is 2. The fourth-order valence-corrected chi connectivity index (χ4v) is 8.90. The molecular weight excluding hydrogens is 614 g/mol. The highest BCUT2D eigenvalue weighted by Crippen LogP contribution is 2.70. The van der Waals surface area contributed by atoms with E-state index in [2.05, 4.69) is 34.0 Å². The van der Waals surface area contributed by atoms with Crippen molar-refractivity contribution < 1.29 is 19.1 Å². The molecule has 48 heavy (non-hydrogen) atoms. The molecule has 2 atom stereocenters. The van der Waals surface area contributed by atoms with Crippen molar-refractivity contribution in [1.29, 1.82) is 0 Å². The second-order valence-electron chi connectivity index (χ2n) is 14.4. The van der Waals surface area contributed by atoms with Crippen LogP contribution in [0.4, 0.5) is 5.69 Å². The first kappa shape index (κ1) is 31.0. The van der Waals surface area contributed by atoms with E-state index < -0.39 is 0 Å². The average Bonchev–Trinajstić information content (AvgIpc) is 3.49. The molecule has 5 fully saturated rings. The highest BCUT2D eigenvalue weighted by Gasteiger charge is 2.69. The SMILES string of the molecule is CCc1c(N2CCN(C(=O)c3nccnc3OC)[C@H]3CC[C@@H]32)c(=O)c2nn(C3=CCOCC3)nc2n1CC(=O)NC12CC(C(C)C)(C1)C2. The van der Waals surface area contributed by atoms with E-state index >= 15 is 0 Å². The minimum Gasteiger partial charge on any atom is -0.479 e. The molecule has 0 unspecified atom stereocenters. The van der Waals surface area contributed by atoms with Gasteiger partial charge in [-0.15, -0.1) is 10.2 Å². The van der Waals surface area contributed by atoms with Crippen LogP contribution >= 0.6 is 0 Å². The molecule has 14 nitrogen and oxygen atoms in total. The number of rotatable bonds is 9. The van der Waals surface area contributed by atoms with Crippen LogP contribution in [0, 0.1) is 11.3 Å². The summed E-state index contributed by atoms with van der Waals surface area (Å²) in [5.74, 6) is 0.497. The molecule has 4 saturated carbocycles. The number of nitrogens with one attached hydrogen (secondary N) is 1. The number of carbonyl (C=O) groups is 2. The van der Waals surface area contributed by atoms with Crippen LogP contribution in [0.5, 0.6) is 5.88 Å². The van der Waals surface area contributed by atoms with E-state index in [1.165, 1.54) is 24.3 Å². The first-order chi connectivity index (χ1) is 23.2. The van der Waals surface area contributed by atoms with E-state index in [9.17, 15) is 14.4 Å². The molecule has 5 heterocycles. The predicted molar refractivity (Wildman–Crippen MR) is 177 cm³/mol. The van der Waals surface area contributed by atoms with Crippen LogP contribution in [0.2, 0.25) is 0 Å². The zero-order valence-electron chi connectivity index (χ0n) is 28.1. The Hall–Kier alpha value is -4.33. The Labute approximate surface area is 278 Å². The summed E-state index contributed by atoms with van der Waals surface area (Å²) < 4.78 is 12.7. The van der Waals surface area contributed by atoms with E-state index in [-0.39, 0.29) is 58.5 Å². The third-order valence-corrected chi connectivity index (χ3v) is 11.6. The molecule has 0 aromatic carbocycles. The summed E-state index contributed by atoms with van der Waals surface area (Å²) in [7, 11) is 1.48. The Morgan fingerprint density at radius 1 is 1.10 bits per heavy atom. The normalized spacial score (nSPS) is 27.5. The van der Waals surface area contributed by atoms with Gasteiger partial charge in [-0.25, -0.2) is 9.97 Å². The summed E-state index contributed by atoms with van der Waals surface area (Å²) in [6.07, 6.45) is 10.8. The maximum Gasteiger partial charge on any atom is 0.278 e. The van der Waals surface area contributed by atoms with Crippen LogP contribution < -0.4 is 20.4 Å². The molecule has 1 saturated heterocycles. The van der Waals surface area contributed by atoms with Crippen molar-refractivity contribution in [1.82, 2.24) is 39.7 Å². The van der Waals surface area contributed by atoms with Crippen LogP contribution in [0.3, 0.4) is 0 Å². The summed E-state index contributed by atoms with van der Waals surface area (Å²) in [6, 6.07) is -0.167. The van der Waals surface area contributed by atoms with Gasteiger partial charge in [-0.05, 0) is 55.9 Å². The lowest BCUT2D eigenvalue weighted by atomic mass is 9.36. The standard InChI is InChI=1S/C34H43N9O5/c1-5-22-28(40-12-13-41(24-7-6-23(24)40)32(46)27-31(47-4)36-11-10-35-27)29(45)26-30(39-43(38-26)21-8-14-48-15-9-21)42(22)16-25(44)37-34-17-33(18-34,19-34)20(2)3/h8,10-11,20,23-24H,5-7,9,12-19H2,1-4H3,(H,37,44)/t23-,24-,33?,34?/m0/s1. The third kappa shape index (κ3) is 4.66. The zero-order valence-corrected chi connectivity index (χ0v) is 28.1. The van der Waals surface area contributed by atoms with Gasteiger partial charge in [0.1, 0.15) is 12.2 Å². The highest BCUT2D eigenvalue weighted by molar-refractivity contribution is 5.95. The lowest BCUT2D eigenvalue weighted by Crippen LogP contribution is -2.76. The molecule has 2 amide bonds. The second kappa shape index (κ2) is 11.4. The molecule has 4 aliphatic carbocycles. The Morgan fingerprint density at radius 2 is 1.88 bits per heavy atom. The van der Waals surface area contributed by atoms with Gasteiger partial charge < -0.3 is 29.2 Å². The maximum absolute atomic E-state index is 14.5. The number of hydrogen-bond acceptors (Lipinski definition) is 10. The maximum atomic E-state index is 14.5. The Bertz CT molecular complexity index is 1880. The zero-order chi connectivity index (χ0) is 33.4. The quantitative estimate of drug-likeness (QED) is 0.364. The Kier molecular flexibility index (Phi) is 7.35. The molecule has 254 valence electrons. The lowest BCUT2D eigenvalue weighted by Gasteiger charge is -2.72. The molecule has 1 N–H and O–H groups in total. The summed E-state index contributed by atoms with van der Waals surface area (Å²) in [5.41, 5.74) is 3.06. The van der Waals surface area contributed by atoms with Crippen molar-refractivity contribution >= 4 is 34.4 Å². The van der Waals surface area contributed by atoms with E-state index in [0.29, 0.717) is 61.8 Å². The number of ether oxygens (including phenoxy) is 2. The molecule has 3 aromatic heterocycles. The molecule has 9 rings (SSSR count). The van der Waals surface area contributed by atoms with Gasteiger partial charge >= 0.3 is 0 Å². The van der Waals surface area contributed by atoms with Gasteiger partial charge in [0, 0.05) is 49.2 Å². The first-order valence-corrected chi connectivity index (χ1v) is 17.2. The molecule has 0 spiro atoms. The Balaban J connectivity index is 1.15. The van der Waals surface area contributed by atoms with Crippen molar-refractivity contribution in [3.8, 4) is 5.88 Å². The number of methoxy groups -OCH3 is 1. The molecule has 2 aliphatic heterocycles. The monoisotopic (exact) mass is 657 g/mol. The number of nitrogens with zero attached hydrogens (tertiary/aromatic N) is 8. The van der Waals surface area contributed by atoms with Crippen LogP contribution in [0.25, 0.3) is 16.9 Å². The van der Waals surface area contributed by atoms with Crippen molar-refractivity contribution in [3.63, 3.8) is 0 Å². The number of piperazine rings is 1. The molecule has 3 aromatic rings. The largest absolute Gasteiger partial charge is 0.479 e. The molecule has 14 heteroatoms. The van der Waals surface area contributed by atoms with Crippen molar-refractivity contribution in [3.05, 3.63) is 40.1 Å². The van der Waals surface area contributed by atoms with Gasteiger partial charge in [-0.3, -0.25) is 14.4 Å².